The van der Waals surface area contributed by atoms with Gasteiger partial charge in [-0.25, -0.2) is 0 Å². The SMILES string of the molecule is C=C/C(=C\C(=C/CI)c1ccccc1)c1ccccc1. The summed E-state index contributed by atoms with van der Waals surface area (Å²) in [4.78, 5) is 0. The second kappa shape index (κ2) is 7.85. The second-order valence-electron chi connectivity index (χ2n) is 4.35. The molecule has 0 spiro atoms. The molecular formula is C19H17I. The number of allylic oxidation sites excluding steroid dienone is 5. The summed E-state index contributed by atoms with van der Waals surface area (Å²) in [5.41, 5.74) is 4.81. The lowest BCUT2D eigenvalue weighted by molar-refractivity contribution is 1.59. The summed E-state index contributed by atoms with van der Waals surface area (Å²) in [5, 5.41) is 0. The van der Waals surface area contributed by atoms with Crippen molar-refractivity contribution in [3.63, 3.8) is 0 Å². The molecule has 0 N–H and O–H groups in total. The van der Waals surface area contributed by atoms with Gasteiger partial charge >= 0.3 is 0 Å². The van der Waals surface area contributed by atoms with Crippen molar-refractivity contribution < 1.29 is 0 Å². The highest BCUT2D eigenvalue weighted by molar-refractivity contribution is 14.1. The molecule has 0 saturated heterocycles. The lowest BCUT2D eigenvalue weighted by Gasteiger charge is -2.07. The maximum atomic E-state index is 3.95. The van der Waals surface area contributed by atoms with Gasteiger partial charge in [-0.2, -0.15) is 0 Å². The molecule has 0 radical (unpaired) electrons. The van der Waals surface area contributed by atoms with Crippen molar-refractivity contribution in [2.45, 2.75) is 0 Å². The minimum absolute atomic E-state index is 0.984. The number of hydrogen-bond donors (Lipinski definition) is 0. The fraction of sp³-hybridized carbons (Fsp3) is 0.0526. The van der Waals surface area contributed by atoms with E-state index < -0.39 is 0 Å². The van der Waals surface area contributed by atoms with Crippen LogP contribution in [0.25, 0.3) is 11.1 Å². The maximum Gasteiger partial charge on any atom is 0.0184 e. The van der Waals surface area contributed by atoms with Gasteiger partial charge in [-0.3, -0.25) is 0 Å². The summed E-state index contributed by atoms with van der Waals surface area (Å²) in [6.07, 6.45) is 6.36. The van der Waals surface area contributed by atoms with Crippen LogP contribution >= 0.6 is 22.6 Å². The topological polar surface area (TPSA) is 0 Å². The van der Waals surface area contributed by atoms with Crippen LogP contribution in [-0.4, -0.2) is 4.43 Å². The number of alkyl halides is 1. The Hall–Kier alpha value is -1.61. The van der Waals surface area contributed by atoms with Gasteiger partial charge in [0.05, 0.1) is 0 Å². The standard InChI is InChI=1S/C19H17I/c1-2-16(17-9-5-3-6-10-17)15-19(13-14-20)18-11-7-4-8-12-18/h2-13,15H,1,14H2/b16-15+,19-13+. The maximum absolute atomic E-state index is 3.95. The Morgan fingerprint density at radius 2 is 1.35 bits per heavy atom. The molecule has 0 aromatic heterocycles. The summed E-state index contributed by atoms with van der Waals surface area (Å²) in [6, 6.07) is 20.8. The lowest BCUT2D eigenvalue weighted by Crippen LogP contribution is -1.85. The van der Waals surface area contributed by atoms with Crippen molar-refractivity contribution in [3.8, 4) is 0 Å². The van der Waals surface area contributed by atoms with Gasteiger partial charge in [0.1, 0.15) is 0 Å². The molecule has 2 aromatic carbocycles. The average Bonchev–Trinajstić information content (AvgIpc) is 2.53. The zero-order chi connectivity index (χ0) is 14.2. The van der Waals surface area contributed by atoms with Crippen molar-refractivity contribution in [3.05, 3.63) is 96.6 Å². The first-order chi connectivity index (χ1) is 9.85. The molecule has 2 aromatic rings. The van der Waals surface area contributed by atoms with Crippen LogP contribution in [0.15, 0.2) is 85.5 Å². The first-order valence-electron chi connectivity index (χ1n) is 6.56. The van der Waals surface area contributed by atoms with Gasteiger partial charge in [0, 0.05) is 4.43 Å². The molecular weight excluding hydrogens is 355 g/mol. The van der Waals surface area contributed by atoms with E-state index in [4.69, 9.17) is 0 Å². The third-order valence-corrected chi connectivity index (χ3v) is 3.48. The van der Waals surface area contributed by atoms with Gasteiger partial charge in [-0.15, -0.1) is 0 Å². The Balaban J connectivity index is 2.43. The summed E-state index contributed by atoms with van der Waals surface area (Å²) >= 11 is 2.37. The number of benzene rings is 2. The highest BCUT2D eigenvalue weighted by Crippen LogP contribution is 2.23. The average molecular weight is 372 g/mol. The van der Waals surface area contributed by atoms with Gasteiger partial charge in [-0.05, 0) is 28.3 Å². The van der Waals surface area contributed by atoms with Crippen LogP contribution in [-0.2, 0) is 0 Å². The van der Waals surface area contributed by atoms with Crippen LogP contribution < -0.4 is 0 Å². The molecule has 2 rings (SSSR count). The summed E-state index contributed by atoms with van der Waals surface area (Å²) in [5.74, 6) is 0. The van der Waals surface area contributed by atoms with E-state index in [1.165, 1.54) is 16.7 Å². The van der Waals surface area contributed by atoms with Crippen LogP contribution in [0, 0.1) is 0 Å². The zero-order valence-electron chi connectivity index (χ0n) is 11.3. The monoisotopic (exact) mass is 372 g/mol. The number of halogens is 1. The third kappa shape index (κ3) is 3.94. The molecule has 0 heterocycles. The van der Waals surface area contributed by atoms with Gasteiger partial charge in [0.25, 0.3) is 0 Å². The minimum atomic E-state index is 0.984. The van der Waals surface area contributed by atoms with Crippen LogP contribution in [0.2, 0.25) is 0 Å². The van der Waals surface area contributed by atoms with E-state index in [-0.39, 0.29) is 0 Å². The van der Waals surface area contributed by atoms with E-state index >= 15 is 0 Å². The van der Waals surface area contributed by atoms with Crippen LogP contribution in [0.1, 0.15) is 11.1 Å². The molecule has 0 nitrogen and oxygen atoms in total. The van der Waals surface area contributed by atoms with Crippen LogP contribution in [0.4, 0.5) is 0 Å². The van der Waals surface area contributed by atoms with E-state index in [2.05, 4.69) is 89.9 Å². The summed E-state index contributed by atoms with van der Waals surface area (Å²) < 4.78 is 0.984. The van der Waals surface area contributed by atoms with Gasteiger partial charge in [0.2, 0.25) is 0 Å². The normalized spacial score (nSPS) is 12.2. The quantitative estimate of drug-likeness (QED) is 0.355. The predicted molar refractivity (Wildman–Crippen MR) is 97.9 cm³/mol. The summed E-state index contributed by atoms with van der Waals surface area (Å²) in [7, 11) is 0. The Morgan fingerprint density at radius 1 is 0.850 bits per heavy atom. The Labute approximate surface area is 134 Å². The van der Waals surface area contributed by atoms with E-state index in [9.17, 15) is 0 Å². The van der Waals surface area contributed by atoms with Gasteiger partial charge < -0.3 is 0 Å². The van der Waals surface area contributed by atoms with Gasteiger partial charge in [0.15, 0.2) is 0 Å². The Kier molecular flexibility index (Phi) is 5.81. The fourth-order valence-corrected chi connectivity index (χ4v) is 2.51. The van der Waals surface area contributed by atoms with E-state index in [1.54, 1.807) is 0 Å². The number of hydrogen-bond acceptors (Lipinski definition) is 0. The van der Waals surface area contributed by atoms with Crippen molar-refractivity contribution in [1.82, 2.24) is 0 Å². The van der Waals surface area contributed by atoms with E-state index in [0.29, 0.717) is 0 Å². The Morgan fingerprint density at radius 3 is 1.80 bits per heavy atom. The van der Waals surface area contributed by atoms with Crippen molar-refractivity contribution in [1.29, 1.82) is 0 Å². The number of rotatable bonds is 5. The highest BCUT2D eigenvalue weighted by atomic mass is 127. The first kappa shape index (κ1) is 14.8. The van der Waals surface area contributed by atoms with Crippen molar-refractivity contribution in [2.24, 2.45) is 0 Å². The van der Waals surface area contributed by atoms with E-state index in [0.717, 1.165) is 10.0 Å². The minimum Gasteiger partial charge on any atom is -0.0984 e. The zero-order valence-corrected chi connectivity index (χ0v) is 13.5. The third-order valence-electron chi connectivity index (χ3n) is 3.04. The molecule has 0 aliphatic heterocycles. The molecule has 20 heavy (non-hydrogen) atoms. The largest absolute Gasteiger partial charge is 0.0984 e. The molecule has 0 atom stereocenters. The molecule has 1 heteroatoms. The van der Waals surface area contributed by atoms with E-state index in [1.807, 2.05) is 18.2 Å². The molecule has 100 valence electrons. The highest BCUT2D eigenvalue weighted by Gasteiger charge is 2.01. The van der Waals surface area contributed by atoms with Gasteiger partial charge in [-0.1, -0.05) is 102 Å². The van der Waals surface area contributed by atoms with Crippen LogP contribution in [0.5, 0.6) is 0 Å². The molecule has 0 aliphatic rings. The molecule has 0 amide bonds. The smallest absolute Gasteiger partial charge is 0.0184 e. The molecule has 0 fully saturated rings. The molecule has 0 unspecified atom stereocenters. The molecule has 0 bridgehead atoms. The van der Waals surface area contributed by atoms with Crippen LogP contribution in [0.3, 0.4) is 0 Å². The van der Waals surface area contributed by atoms with Crippen molar-refractivity contribution in [2.75, 3.05) is 4.43 Å². The molecule has 0 saturated carbocycles. The summed E-state index contributed by atoms with van der Waals surface area (Å²) in [6.45, 7) is 3.95. The second-order valence-corrected chi connectivity index (χ2v) is 5.23. The lowest BCUT2D eigenvalue weighted by atomic mass is 9.99. The van der Waals surface area contributed by atoms with Crippen molar-refractivity contribution >= 4 is 33.7 Å². The fourth-order valence-electron chi connectivity index (χ4n) is 2.03. The Bertz CT molecular complexity index is 607. The predicted octanol–water partition coefficient (Wildman–Crippen LogP) is 5.77. The first-order valence-corrected chi connectivity index (χ1v) is 8.09. The molecule has 0 aliphatic carbocycles.